The van der Waals surface area contributed by atoms with E-state index in [4.69, 9.17) is 10.6 Å². The van der Waals surface area contributed by atoms with E-state index in [0.29, 0.717) is 0 Å². The lowest BCUT2D eigenvalue weighted by atomic mass is 10.0. The van der Waals surface area contributed by atoms with Crippen LogP contribution in [-0.2, 0) is 0 Å². The molecule has 0 aliphatic rings. The van der Waals surface area contributed by atoms with Crippen LogP contribution in [0.3, 0.4) is 0 Å². The molecule has 1 unspecified atom stereocenters. The molecule has 0 aliphatic carbocycles. The molecule has 1 atom stereocenters. The summed E-state index contributed by atoms with van der Waals surface area (Å²) in [5.74, 6) is 6.45. The highest BCUT2D eigenvalue weighted by Gasteiger charge is 2.10. The van der Waals surface area contributed by atoms with E-state index < -0.39 is 0 Å². The Morgan fingerprint density at radius 3 is 2.71 bits per heavy atom. The largest absolute Gasteiger partial charge is 0.491 e. The molecule has 1 rings (SSSR count). The SMILES string of the molecule is C=C(C)CC(NN)c1cccc(OC(C)C)c1. The van der Waals surface area contributed by atoms with Crippen molar-refractivity contribution in [2.45, 2.75) is 39.3 Å². The molecular weight excluding hydrogens is 212 g/mol. The molecule has 1 aromatic rings. The summed E-state index contributed by atoms with van der Waals surface area (Å²) in [6, 6.07) is 8.09. The monoisotopic (exact) mass is 234 g/mol. The summed E-state index contributed by atoms with van der Waals surface area (Å²) in [6.07, 6.45) is 0.998. The first kappa shape index (κ1) is 13.7. The van der Waals surface area contributed by atoms with Gasteiger partial charge in [-0.15, -0.1) is 6.58 Å². The van der Waals surface area contributed by atoms with Gasteiger partial charge in [0.05, 0.1) is 6.10 Å². The van der Waals surface area contributed by atoms with Gasteiger partial charge >= 0.3 is 0 Å². The van der Waals surface area contributed by atoms with Crippen molar-refractivity contribution in [3.63, 3.8) is 0 Å². The topological polar surface area (TPSA) is 47.3 Å². The van der Waals surface area contributed by atoms with Crippen LogP contribution >= 0.6 is 0 Å². The fraction of sp³-hybridized carbons (Fsp3) is 0.429. The van der Waals surface area contributed by atoms with Gasteiger partial charge in [0.25, 0.3) is 0 Å². The molecule has 1 aromatic carbocycles. The van der Waals surface area contributed by atoms with Gasteiger partial charge in [0.1, 0.15) is 5.75 Å². The minimum absolute atomic E-state index is 0.0863. The van der Waals surface area contributed by atoms with Gasteiger partial charge in [0.15, 0.2) is 0 Å². The zero-order valence-corrected chi connectivity index (χ0v) is 10.9. The first-order valence-corrected chi connectivity index (χ1v) is 5.90. The van der Waals surface area contributed by atoms with E-state index in [1.54, 1.807) is 0 Å². The first-order chi connectivity index (χ1) is 8.02. The molecular formula is C14H22N2O. The normalized spacial score (nSPS) is 12.5. The van der Waals surface area contributed by atoms with Gasteiger partial charge in [-0.3, -0.25) is 11.3 Å². The van der Waals surface area contributed by atoms with Crippen LogP contribution in [0.5, 0.6) is 5.75 Å². The summed E-state index contributed by atoms with van der Waals surface area (Å²) in [5.41, 5.74) is 5.03. The summed E-state index contributed by atoms with van der Waals surface area (Å²) >= 11 is 0. The fourth-order valence-electron chi connectivity index (χ4n) is 1.70. The van der Waals surface area contributed by atoms with Crippen LogP contribution in [-0.4, -0.2) is 6.10 Å². The second-order valence-electron chi connectivity index (χ2n) is 4.62. The third-order valence-corrected chi connectivity index (χ3v) is 2.39. The van der Waals surface area contributed by atoms with Crippen LogP contribution in [0.2, 0.25) is 0 Å². The van der Waals surface area contributed by atoms with Gasteiger partial charge in [0.2, 0.25) is 0 Å². The molecule has 0 aromatic heterocycles. The van der Waals surface area contributed by atoms with E-state index in [2.05, 4.69) is 12.0 Å². The summed E-state index contributed by atoms with van der Waals surface area (Å²) in [6.45, 7) is 9.94. The Bertz CT molecular complexity index is 374. The number of benzene rings is 1. The Balaban J connectivity index is 2.84. The van der Waals surface area contributed by atoms with Crippen molar-refractivity contribution in [1.29, 1.82) is 0 Å². The lowest BCUT2D eigenvalue weighted by Crippen LogP contribution is -2.28. The lowest BCUT2D eigenvalue weighted by molar-refractivity contribution is 0.242. The van der Waals surface area contributed by atoms with Crippen molar-refractivity contribution in [3.8, 4) is 5.75 Å². The number of ether oxygens (including phenoxy) is 1. The van der Waals surface area contributed by atoms with Gasteiger partial charge in [-0.1, -0.05) is 17.7 Å². The number of nitrogens with two attached hydrogens (primary N) is 1. The zero-order chi connectivity index (χ0) is 12.8. The number of hydrogen-bond donors (Lipinski definition) is 2. The average molecular weight is 234 g/mol. The number of hydrazine groups is 1. The molecule has 94 valence electrons. The number of hydrogen-bond acceptors (Lipinski definition) is 3. The zero-order valence-electron chi connectivity index (χ0n) is 10.9. The Labute approximate surface area is 104 Å². The predicted octanol–water partition coefficient (Wildman–Crippen LogP) is 2.94. The molecule has 3 heteroatoms. The number of nitrogens with one attached hydrogen (secondary N) is 1. The summed E-state index contributed by atoms with van der Waals surface area (Å²) < 4.78 is 5.66. The van der Waals surface area contributed by atoms with E-state index in [1.165, 1.54) is 0 Å². The average Bonchev–Trinajstić information content (AvgIpc) is 2.25. The third-order valence-electron chi connectivity index (χ3n) is 2.39. The Morgan fingerprint density at radius 1 is 1.47 bits per heavy atom. The summed E-state index contributed by atoms with van der Waals surface area (Å²) in [4.78, 5) is 0. The highest BCUT2D eigenvalue weighted by atomic mass is 16.5. The Hall–Kier alpha value is -1.32. The van der Waals surface area contributed by atoms with Gasteiger partial charge in [-0.25, -0.2) is 0 Å². The lowest BCUT2D eigenvalue weighted by Gasteiger charge is -2.18. The highest BCUT2D eigenvalue weighted by molar-refractivity contribution is 5.31. The third kappa shape index (κ3) is 4.59. The van der Waals surface area contributed by atoms with Crippen LogP contribution in [0, 0.1) is 0 Å². The van der Waals surface area contributed by atoms with E-state index in [9.17, 15) is 0 Å². The minimum atomic E-state index is 0.0863. The van der Waals surface area contributed by atoms with Crippen LogP contribution < -0.4 is 16.0 Å². The maximum atomic E-state index is 5.66. The van der Waals surface area contributed by atoms with Crippen molar-refractivity contribution in [2.24, 2.45) is 5.84 Å². The standard InChI is InChI=1S/C14H22N2O/c1-10(2)8-14(16-15)12-6-5-7-13(9-12)17-11(3)4/h5-7,9,11,14,16H,1,8,15H2,2-4H3. The molecule has 0 bridgehead atoms. The predicted molar refractivity (Wildman–Crippen MR) is 71.7 cm³/mol. The van der Waals surface area contributed by atoms with Crippen LogP contribution in [0.1, 0.15) is 38.8 Å². The Kier molecular flexibility index (Phi) is 5.19. The molecule has 3 N–H and O–H groups in total. The van der Waals surface area contributed by atoms with Gasteiger partial charge in [0, 0.05) is 6.04 Å². The smallest absolute Gasteiger partial charge is 0.120 e. The van der Waals surface area contributed by atoms with Gasteiger partial charge < -0.3 is 4.74 Å². The first-order valence-electron chi connectivity index (χ1n) is 5.90. The van der Waals surface area contributed by atoms with Crippen molar-refractivity contribution in [1.82, 2.24) is 5.43 Å². The van der Waals surface area contributed by atoms with E-state index in [1.807, 2.05) is 45.0 Å². The fourth-order valence-corrected chi connectivity index (χ4v) is 1.70. The minimum Gasteiger partial charge on any atom is -0.491 e. The Morgan fingerprint density at radius 2 is 2.18 bits per heavy atom. The molecule has 0 saturated carbocycles. The van der Waals surface area contributed by atoms with Crippen molar-refractivity contribution in [3.05, 3.63) is 42.0 Å². The summed E-state index contributed by atoms with van der Waals surface area (Å²) in [7, 11) is 0. The van der Waals surface area contributed by atoms with Crippen molar-refractivity contribution < 1.29 is 4.74 Å². The summed E-state index contributed by atoms with van der Waals surface area (Å²) in [5, 5.41) is 0. The van der Waals surface area contributed by atoms with E-state index in [-0.39, 0.29) is 12.1 Å². The second kappa shape index (κ2) is 6.42. The molecule has 0 radical (unpaired) electrons. The molecule has 0 fully saturated rings. The molecule has 0 spiro atoms. The van der Waals surface area contributed by atoms with Crippen LogP contribution in [0.4, 0.5) is 0 Å². The van der Waals surface area contributed by atoms with E-state index >= 15 is 0 Å². The second-order valence-corrected chi connectivity index (χ2v) is 4.62. The molecule has 0 heterocycles. The van der Waals surface area contributed by atoms with Crippen molar-refractivity contribution in [2.75, 3.05) is 0 Å². The molecule has 0 amide bonds. The maximum absolute atomic E-state index is 5.66. The maximum Gasteiger partial charge on any atom is 0.120 e. The van der Waals surface area contributed by atoms with Gasteiger partial charge in [-0.2, -0.15) is 0 Å². The van der Waals surface area contributed by atoms with E-state index in [0.717, 1.165) is 23.3 Å². The highest BCUT2D eigenvalue weighted by Crippen LogP contribution is 2.23. The van der Waals surface area contributed by atoms with Crippen LogP contribution in [0.25, 0.3) is 0 Å². The molecule has 0 saturated heterocycles. The molecule has 17 heavy (non-hydrogen) atoms. The van der Waals surface area contributed by atoms with Crippen molar-refractivity contribution >= 4 is 0 Å². The molecule has 0 aliphatic heterocycles. The quantitative estimate of drug-likeness (QED) is 0.452. The van der Waals surface area contributed by atoms with Crippen LogP contribution in [0.15, 0.2) is 36.4 Å². The van der Waals surface area contributed by atoms with Gasteiger partial charge in [-0.05, 0) is 44.9 Å². The number of rotatable bonds is 6. The molecule has 3 nitrogen and oxygen atoms in total.